The van der Waals surface area contributed by atoms with E-state index in [2.05, 4.69) is 4.98 Å². The summed E-state index contributed by atoms with van der Waals surface area (Å²) < 4.78 is 32.1. The molecule has 1 aromatic heterocycles. The van der Waals surface area contributed by atoms with Crippen LogP contribution in [-0.2, 0) is 16.4 Å². The van der Waals surface area contributed by atoms with Gasteiger partial charge in [-0.05, 0) is 44.1 Å². The molecule has 0 radical (unpaired) electrons. The molecule has 1 aliphatic heterocycles. The fraction of sp³-hybridized carbons (Fsp3) is 0.500. The van der Waals surface area contributed by atoms with Gasteiger partial charge in [-0.3, -0.25) is 0 Å². The van der Waals surface area contributed by atoms with Gasteiger partial charge in [0.1, 0.15) is 11.3 Å². The minimum atomic E-state index is -2.98. The number of benzene rings is 1. The molecule has 5 nitrogen and oxygen atoms in total. The third kappa shape index (κ3) is 2.60. The minimum Gasteiger partial charge on any atom is -0.492 e. The first-order chi connectivity index (χ1) is 10.0. The van der Waals surface area contributed by atoms with Gasteiger partial charge in [0.15, 0.2) is 14.6 Å². The number of fused-ring (bicyclic) bond motifs is 1. The van der Waals surface area contributed by atoms with Crippen LogP contribution in [0, 0.1) is 4.77 Å². The molecule has 0 amide bonds. The fourth-order valence-electron chi connectivity index (χ4n) is 2.88. The number of rotatable bonds is 4. The number of ether oxygens (including phenoxy) is 1. The second kappa shape index (κ2) is 5.46. The smallest absolute Gasteiger partial charge is 0.178 e. The van der Waals surface area contributed by atoms with E-state index in [1.54, 1.807) is 0 Å². The normalized spacial score (nSPS) is 20.9. The molecule has 0 spiro atoms. The van der Waals surface area contributed by atoms with Crippen molar-refractivity contribution in [3.63, 3.8) is 0 Å². The summed E-state index contributed by atoms with van der Waals surface area (Å²) in [5, 5.41) is -0.334. The van der Waals surface area contributed by atoms with Gasteiger partial charge in [-0.1, -0.05) is 6.07 Å². The van der Waals surface area contributed by atoms with Crippen LogP contribution in [0.1, 0.15) is 19.8 Å². The van der Waals surface area contributed by atoms with Crippen molar-refractivity contribution >= 4 is 33.1 Å². The molecule has 1 saturated heterocycles. The molecule has 1 unspecified atom stereocenters. The number of para-hydroxylation sites is 1. The number of hydrogen-bond acceptors (Lipinski definition) is 4. The van der Waals surface area contributed by atoms with Crippen molar-refractivity contribution in [3.8, 4) is 5.75 Å². The number of H-pyrrole nitrogens is 1. The second-order valence-electron chi connectivity index (χ2n) is 5.26. The molecule has 0 aliphatic carbocycles. The number of imidazole rings is 1. The van der Waals surface area contributed by atoms with Crippen molar-refractivity contribution in [3.05, 3.63) is 23.0 Å². The highest BCUT2D eigenvalue weighted by atomic mass is 32.2. The number of aromatic amines is 1. The number of hydrogen-bond donors (Lipinski definition) is 1. The maximum atomic E-state index is 12.0. The van der Waals surface area contributed by atoms with E-state index >= 15 is 0 Å². The lowest BCUT2D eigenvalue weighted by molar-refractivity contribution is 0.343. The van der Waals surface area contributed by atoms with Gasteiger partial charge in [-0.15, -0.1) is 0 Å². The zero-order chi connectivity index (χ0) is 15.0. The molecule has 1 atom stereocenters. The van der Waals surface area contributed by atoms with E-state index in [4.69, 9.17) is 17.0 Å². The highest BCUT2D eigenvalue weighted by molar-refractivity contribution is 7.92. The molecule has 1 fully saturated rings. The van der Waals surface area contributed by atoms with E-state index in [0.29, 0.717) is 24.3 Å². The summed E-state index contributed by atoms with van der Waals surface area (Å²) >= 11 is 5.36. The SMILES string of the molecule is CCOc1cccc2c1[nH]c(=S)n2CC1CCCS1(=O)=O. The molecule has 0 saturated carbocycles. The summed E-state index contributed by atoms with van der Waals surface area (Å²) in [6.45, 7) is 2.91. The lowest BCUT2D eigenvalue weighted by atomic mass is 10.2. The van der Waals surface area contributed by atoms with Gasteiger partial charge in [-0.25, -0.2) is 8.42 Å². The maximum Gasteiger partial charge on any atom is 0.178 e. The lowest BCUT2D eigenvalue weighted by Crippen LogP contribution is -2.22. The maximum absolute atomic E-state index is 12.0. The van der Waals surface area contributed by atoms with E-state index in [-0.39, 0.29) is 11.0 Å². The first kappa shape index (κ1) is 14.6. The van der Waals surface area contributed by atoms with Crippen molar-refractivity contribution < 1.29 is 13.2 Å². The Morgan fingerprint density at radius 1 is 1.48 bits per heavy atom. The van der Waals surface area contributed by atoms with Crippen LogP contribution in [0.25, 0.3) is 11.0 Å². The van der Waals surface area contributed by atoms with Crippen LogP contribution in [0.2, 0.25) is 0 Å². The summed E-state index contributed by atoms with van der Waals surface area (Å²) in [5.41, 5.74) is 1.73. The molecule has 1 aromatic carbocycles. The largest absolute Gasteiger partial charge is 0.492 e. The van der Waals surface area contributed by atoms with Crippen molar-refractivity contribution in [2.24, 2.45) is 0 Å². The van der Waals surface area contributed by atoms with Crippen LogP contribution in [0.4, 0.5) is 0 Å². The summed E-state index contributed by atoms with van der Waals surface area (Å²) in [6, 6.07) is 5.72. The predicted octanol–water partition coefficient (Wildman–Crippen LogP) is 2.67. The summed E-state index contributed by atoms with van der Waals surface area (Å²) in [5.74, 6) is 1.03. The molecule has 7 heteroatoms. The van der Waals surface area contributed by atoms with E-state index in [9.17, 15) is 8.42 Å². The molecule has 3 rings (SSSR count). The average molecular weight is 326 g/mol. The third-order valence-electron chi connectivity index (χ3n) is 3.92. The van der Waals surface area contributed by atoms with Gasteiger partial charge in [-0.2, -0.15) is 0 Å². The van der Waals surface area contributed by atoms with Gasteiger partial charge in [0.2, 0.25) is 0 Å². The average Bonchev–Trinajstić information content (AvgIpc) is 2.93. The van der Waals surface area contributed by atoms with Gasteiger partial charge in [0, 0.05) is 6.54 Å². The Morgan fingerprint density at radius 3 is 2.95 bits per heavy atom. The third-order valence-corrected chi connectivity index (χ3v) is 6.50. The number of nitrogens with zero attached hydrogens (tertiary/aromatic N) is 1. The highest BCUT2D eigenvalue weighted by Gasteiger charge is 2.32. The zero-order valence-corrected chi connectivity index (χ0v) is 13.5. The molecule has 2 heterocycles. The van der Waals surface area contributed by atoms with Crippen LogP contribution in [-0.4, -0.2) is 35.6 Å². The molecule has 21 heavy (non-hydrogen) atoms. The van der Waals surface area contributed by atoms with Crippen LogP contribution in [0.3, 0.4) is 0 Å². The van der Waals surface area contributed by atoms with E-state index < -0.39 is 9.84 Å². The van der Waals surface area contributed by atoms with Crippen LogP contribution in [0.15, 0.2) is 18.2 Å². The van der Waals surface area contributed by atoms with Crippen molar-refractivity contribution in [2.75, 3.05) is 12.4 Å². The summed E-state index contributed by atoms with van der Waals surface area (Å²) in [4.78, 5) is 3.14. The molecular weight excluding hydrogens is 308 g/mol. The number of nitrogens with one attached hydrogen (secondary N) is 1. The molecule has 1 aliphatic rings. The minimum absolute atomic E-state index is 0.289. The Balaban J connectivity index is 2.05. The van der Waals surface area contributed by atoms with Crippen LogP contribution >= 0.6 is 12.2 Å². The Kier molecular flexibility index (Phi) is 3.79. The number of aromatic nitrogens is 2. The quantitative estimate of drug-likeness (QED) is 0.877. The second-order valence-corrected chi connectivity index (χ2v) is 8.04. The van der Waals surface area contributed by atoms with Crippen LogP contribution < -0.4 is 4.74 Å². The standard InChI is InChI=1S/C14H18N2O3S2/c1-2-19-12-7-3-6-11-13(12)15-14(20)16(11)9-10-5-4-8-21(10,17)18/h3,6-7,10H,2,4-5,8-9H2,1H3,(H,15,20). The first-order valence-corrected chi connectivity index (χ1v) is 9.21. The highest BCUT2D eigenvalue weighted by Crippen LogP contribution is 2.28. The Hall–Kier alpha value is -1.34. The Bertz CT molecular complexity index is 820. The monoisotopic (exact) mass is 326 g/mol. The molecule has 0 bridgehead atoms. The van der Waals surface area contributed by atoms with Gasteiger partial charge < -0.3 is 14.3 Å². The molecule has 1 N–H and O–H groups in total. The van der Waals surface area contributed by atoms with Crippen molar-refractivity contribution in [1.82, 2.24) is 9.55 Å². The summed E-state index contributed by atoms with van der Waals surface area (Å²) in [6.07, 6.45) is 1.45. The topological polar surface area (TPSA) is 64.1 Å². The van der Waals surface area contributed by atoms with E-state index in [1.165, 1.54) is 0 Å². The number of sulfone groups is 1. The Labute approximate surface area is 128 Å². The van der Waals surface area contributed by atoms with Crippen molar-refractivity contribution in [1.29, 1.82) is 0 Å². The van der Waals surface area contributed by atoms with Crippen LogP contribution in [0.5, 0.6) is 5.75 Å². The van der Waals surface area contributed by atoms with E-state index in [0.717, 1.165) is 23.2 Å². The molecule has 114 valence electrons. The predicted molar refractivity (Wildman–Crippen MR) is 85.1 cm³/mol. The molecular formula is C14H18N2O3S2. The summed E-state index contributed by atoms with van der Waals surface area (Å²) in [7, 11) is -2.98. The zero-order valence-electron chi connectivity index (χ0n) is 11.8. The van der Waals surface area contributed by atoms with E-state index in [1.807, 2.05) is 29.7 Å². The molecule has 2 aromatic rings. The van der Waals surface area contributed by atoms with Gasteiger partial charge in [0.05, 0.1) is 23.1 Å². The first-order valence-electron chi connectivity index (χ1n) is 7.09. The van der Waals surface area contributed by atoms with Crippen molar-refractivity contribution in [2.45, 2.75) is 31.6 Å². The fourth-order valence-corrected chi connectivity index (χ4v) is 4.96. The Morgan fingerprint density at radius 2 is 2.29 bits per heavy atom. The lowest BCUT2D eigenvalue weighted by Gasteiger charge is -2.11. The van der Waals surface area contributed by atoms with Gasteiger partial charge >= 0.3 is 0 Å². The van der Waals surface area contributed by atoms with Gasteiger partial charge in [0.25, 0.3) is 0 Å².